The largest absolute Gasteiger partial charge is 0.348 e. The summed E-state index contributed by atoms with van der Waals surface area (Å²) in [5.74, 6) is -0.136. The number of aromatic nitrogens is 1. The van der Waals surface area contributed by atoms with Crippen LogP contribution in [0.4, 0.5) is 0 Å². The third kappa shape index (κ3) is 4.01. The average molecular weight is 374 g/mol. The molecular formula is C24H26N2O2. The van der Waals surface area contributed by atoms with E-state index in [-0.39, 0.29) is 17.5 Å². The molecule has 1 aliphatic rings. The van der Waals surface area contributed by atoms with Crippen LogP contribution in [0.15, 0.2) is 65.5 Å². The first kappa shape index (κ1) is 18.5. The Labute approximate surface area is 165 Å². The SMILES string of the molecule is O=C(NC1CCCCC1)c1cc2ccccc2c(=O)n1CCc1ccccc1. The first-order valence-electron chi connectivity index (χ1n) is 10.2. The highest BCUT2D eigenvalue weighted by Crippen LogP contribution is 2.19. The van der Waals surface area contributed by atoms with Gasteiger partial charge in [0, 0.05) is 18.0 Å². The topological polar surface area (TPSA) is 51.1 Å². The standard InChI is InChI=1S/C24H26N2O2/c27-23(25-20-12-5-2-6-13-20)22-17-19-11-7-8-14-21(19)24(28)26(22)16-15-18-9-3-1-4-10-18/h1,3-4,7-11,14,17,20H,2,5-6,12-13,15-16H2,(H,25,27). The van der Waals surface area contributed by atoms with Gasteiger partial charge in [0.2, 0.25) is 0 Å². The number of hydrogen-bond acceptors (Lipinski definition) is 2. The van der Waals surface area contributed by atoms with Gasteiger partial charge in [-0.05, 0) is 42.3 Å². The van der Waals surface area contributed by atoms with Crippen molar-refractivity contribution in [2.75, 3.05) is 0 Å². The minimum absolute atomic E-state index is 0.0946. The predicted molar refractivity (Wildman–Crippen MR) is 113 cm³/mol. The number of pyridine rings is 1. The fourth-order valence-corrected chi connectivity index (χ4v) is 4.10. The number of aryl methyl sites for hydroxylation is 1. The van der Waals surface area contributed by atoms with E-state index < -0.39 is 0 Å². The van der Waals surface area contributed by atoms with Gasteiger partial charge < -0.3 is 9.88 Å². The van der Waals surface area contributed by atoms with Crippen molar-refractivity contribution in [2.24, 2.45) is 0 Å². The van der Waals surface area contributed by atoms with Gasteiger partial charge in [0.05, 0.1) is 0 Å². The van der Waals surface area contributed by atoms with Crippen LogP contribution >= 0.6 is 0 Å². The van der Waals surface area contributed by atoms with Crippen LogP contribution in [-0.2, 0) is 13.0 Å². The monoisotopic (exact) mass is 374 g/mol. The molecule has 1 aliphatic carbocycles. The van der Waals surface area contributed by atoms with Gasteiger partial charge in [-0.15, -0.1) is 0 Å². The lowest BCUT2D eigenvalue weighted by Gasteiger charge is -2.23. The maximum absolute atomic E-state index is 13.2. The summed E-state index contributed by atoms with van der Waals surface area (Å²) in [7, 11) is 0. The summed E-state index contributed by atoms with van der Waals surface area (Å²) >= 11 is 0. The average Bonchev–Trinajstić information content (AvgIpc) is 2.74. The molecule has 4 nitrogen and oxygen atoms in total. The predicted octanol–water partition coefficient (Wildman–Crippen LogP) is 4.31. The molecule has 0 radical (unpaired) electrons. The van der Waals surface area contributed by atoms with Gasteiger partial charge in [-0.1, -0.05) is 67.8 Å². The number of rotatable bonds is 5. The lowest BCUT2D eigenvalue weighted by Crippen LogP contribution is -2.39. The van der Waals surface area contributed by atoms with Crippen LogP contribution in [0.5, 0.6) is 0 Å². The number of fused-ring (bicyclic) bond motifs is 1. The van der Waals surface area contributed by atoms with Gasteiger partial charge in [-0.25, -0.2) is 0 Å². The highest BCUT2D eigenvalue weighted by atomic mass is 16.2. The third-order valence-corrected chi connectivity index (χ3v) is 5.66. The van der Waals surface area contributed by atoms with Crippen LogP contribution in [0.25, 0.3) is 10.8 Å². The molecule has 2 aromatic carbocycles. The Balaban J connectivity index is 1.68. The van der Waals surface area contributed by atoms with Crippen molar-refractivity contribution in [1.82, 2.24) is 9.88 Å². The number of benzene rings is 2. The summed E-state index contributed by atoms with van der Waals surface area (Å²) in [5, 5.41) is 4.64. The van der Waals surface area contributed by atoms with E-state index in [2.05, 4.69) is 5.32 Å². The molecule has 1 amide bonds. The molecule has 0 spiro atoms. The van der Waals surface area contributed by atoms with Gasteiger partial charge >= 0.3 is 0 Å². The fraction of sp³-hybridized carbons (Fsp3) is 0.333. The number of nitrogens with one attached hydrogen (secondary N) is 1. The molecule has 1 N–H and O–H groups in total. The molecule has 4 heteroatoms. The Kier molecular flexibility index (Phi) is 5.56. The van der Waals surface area contributed by atoms with Gasteiger partial charge in [0.15, 0.2) is 0 Å². The van der Waals surface area contributed by atoms with Crippen molar-refractivity contribution in [3.8, 4) is 0 Å². The number of hydrogen-bond donors (Lipinski definition) is 1. The van der Waals surface area contributed by atoms with Gasteiger partial charge in [-0.3, -0.25) is 9.59 Å². The second-order valence-corrected chi connectivity index (χ2v) is 7.62. The molecule has 1 saturated carbocycles. The third-order valence-electron chi connectivity index (χ3n) is 5.66. The van der Waals surface area contributed by atoms with Gasteiger partial charge in [-0.2, -0.15) is 0 Å². The van der Waals surface area contributed by atoms with Crippen molar-refractivity contribution < 1.29 is 4.79 Å². The molecule has 0 bridgehead atoms. The molecule has 0 aliphatic heterocycles. The minimum Gasteiger partial charge on any atom is -0.348 e. The highest BCUT2D eigenvalue weighted by Gasteiger charge is 2.20. The Morgan fingerprint density at radius 3 is 2.46 bits per heavy atom. The zero-order valence-electron chi connectivity index (χ0n) is 16.1. The van der Waals surface area contributed by atoms with Crippen LogP contribution in [0.2, 0.25) is 0 Å². The first-order valence-corrected chi connectivity index (χ1v) is 10.2. The van der Waals surface area contributed by atoms with E-state index in [1.165, 1.54) is 6.42 Å². The second-order valence-electron chi connectivity index (χ2n) is 7.62. The van der Waals surface area contributed by atoms with Crippen LogP contribution in [0.1, 0.15) is 48.2 Å². The summed E-state index contributed by atoms with van der Waals surface area (Å²) < 4.78 is 1.65. The molecule has 0 saturated heterocycles. The number of carbonyl (C=O) groups is 1. The highest BCUT2D eigenvalue weighted by molar-refractivity contribution is 5.96. The molecule has 0 unspecified atom stereocenters. The van der Waals surface area contributed by atoms with E-state index in [1.54, 1.807) is 4.57 Å². The summed E-state index contributed by atoms with van der Waals surface area (Å²) in [6.07, 6.45) is 6.31. The van der Waals surface area contributed by atoms with E-state index in [1.807, 2.05) is 60.7 Å². The Morgan fingerprint density at radius 1 is 0.964 bits per heavy atom. The van der Waals surface area contributed by atoms with E-state index in [0.717, 1.165) is 36.6 Å². The second kappa shape index (κ2) is 8.42. The van der Waals surface area contributed by atoms with E-state index in [4.69, 9.17) is 0 Å². The number of carbonyl (C=O) groups excluding carboxylic acids is 1. The van der Waals surface area contributed by atoms with Crippen LogP contribution in [0, 0.1) is 0 Å². The smallest absolute Gasteiger partial charge is 0.268 e. The molecular weight excluding hydrogens is 348 g/mol. The molecule has 3 aromatic rings. The number of nitrogens with zero attached hydrogens (tertiary/aromatic N) is 1. The summed E-state index contributed by atoms with van der Waals surface area (Å²) in [5.41, 5.74) is 1.52. The van der Waals surface area contributed by atoms with Crippen molar-refractivity contribution in [1.29, 1.82) is 0 Å². The van der Waals surface area contributed by atoms with Gasteiger partial charge in [0.1, 0.15) is 5.69 Å². The lowest BCUT2D eigenvalue weighted by molar-refractivity contribution is 0.0917. The first-order chi connectivity index (χ1) is 13.7. The van der Waals surface area contributed by atoms with Crippen LogP contribution < -0.4 is 10.9 Å². The Bertz CT molecular complexity index is 1020. The van der Waals surface area contributed by atoms with Crippen molar-refractivity contribution in [3.05, 3.63) is 82.3 Å². The van der Waals surface area contributed by atoms with E-state index in [9.17, 15) is 9.59 Å². The Hall–Kier alpha value is -2.88. The van der Waals surface area contributed by atoms with Crippen LogP contribution in [0.3, 0.4) is 0 Å². The maximum Gasteiger partial charge on any atom is 0.268 e. The molecule has 4 rings (SSSR count). The summed E-state index contributed by atoms with van der Waals surface area (Å²) in [6.45, 7) is 0.487. The van der Waals surface area contributed by atoms with E-state index >= 15 is 0 Å². The van der Waals surface area contributed by atoms with E-state index in [0.29, 0.717) is 24.0 Å². The summed E-state index contributed by atoms with van der Waals surface area (Å²) in [4.78, 5) is 26.2. The summed E-state index contributed by atoms with van der Waals surface area (Å²) in [6, 6.07) is 19.6. The number of amides is 1. The zero-order chi connectivity index (χ0) is 19.3. The lowest BCUT2D eigenvalue weighted by atomic mass is 9.95. The minimum atomic E-state index is -0.136. The molecule has 0 atom stereocenters. The van der Waals surface area contributed by atoms with Crippen molar-refractivity contribution in [2.45, 2.75) is 51.1 Å². The quantitative estimate of drug-likeness (QED) is 0.724. The van der Waals surface area contributed by atoms with Crippen molar-refractivity contribution >= 4 is 16.7 Å². The zero-order valence-corrected chi connectivity index (χ0v) is 16.1. The van der Waals surface area contributed by atoms with Gasteiger partial charge in [0.25, 0.3) is 11.5 Å². The van der Waals surface area contributed by atoms with Crippen LogP contribution in [-0.4, -0.2) is 16.5 Å². The molecule has 1 aromatic heterocycles. The molecule has 1 fully saturated rings. The fourth-order valence-electron chi connectivity index (χ4n) is 4.10. The molecule has 144 valence electrons. The Morgan fingerprint density at radius 2 is 1.68 bits per heavy atom. The normalized spacial score (nSPS) is 14.9. The molecule has 28 heavy (non-hydrogen) atoms. The maximum atomic E-state index is 13.2. The molecule has 1 heterocycles. The van der Waals surface area contributed by atoms with Crippen molar-refractivity contribution in [3.63, 3.8) is 0 Å².